The van der Waals surface area contributed by atoms with E-state index < -0.39 is 0 Å². The van der Waals surface area contributed by atoms with E-state index in [1.54, 1.807) is 0 Å². The fourth-order valence-electron chi connectivity index (χ4n) is 7.38. The fraction of sp³-hybridized carbons (Fsp3) is 0. The molecule has 10 rings (SSSR count). The van der Waals surface area contributed by atoms with Crippen molar-refractivity contribution in [3.8, 4) is 22.3 Å². The van der Waals surface area contributed by atoms with Gasteiger partial charge in [-0.1, -0.05) is 133 Å². The molecule has 8 aromatic carbocycles. The quantitative estimate of drug-likeness (QED) is 0.190. The Balaban J connectivity index is 1.17. The Morgan fingerprint density at radius 3 is 1.96 bits per heavy atom. The van der Waals surface area contributed by atoms with Gasteiger partial charge >= 0.3 is 0 Å². The largest absolute Gasteiger partial charge is 0.455 e. The fourth-order valence-corrected chi connectivity index (χ4v) is 7.38. The van der Waals surface area contributed by atoms with E-state index in [-0.39, 0.29) is 0 Å². The second-order valence-electron chi connectivity index (χ2n) is 12.5. The molecule has 0 aliphatic rings. The molecule has 0 aliphatic carbocycles. The average Bonchev–Trinajstić information content (AvgIpc) is 3.75. The van der Waals surface area contributed by atoms with Gasteiger partial charge in [-0.05, 0) is 69.9 Å². The Labute approximate surface area is 282 Å². The Morgan fingerprint density at radius 1 is 0.367 bits per heavy atom. The number of para-hydroxylation sites is 3. The Kier molecular flexibility index (Phi) is 6.18. The lowest BCUT2D eigenvalue weighted by molar-refractivity contribution is 0.669. The maximum Gasteiger partial charge on any atom is 0.159 e. The summed E-state index contributed by atoms with van der Waals surface area (Å²) in [7, 11) is 0. The van der Waals surface area contributed by atoms with Crippen molar-refractivity contribution >= 4 is 71.7 Å². The first-order valence-corrected chi connectivity index (χ1v) is 16.6. The molecular formula is C46H29NO2. The molecule has 0 bridgehead atoms. The molecular weight excluding hydrogens is 599 g/mol. The van der Waals surface area contributed by atoms with Crippen molar-refractivity contribution in [1.29, 1.82) is 0 Å². The predicted molar refractivity (Wildman–Crippen MR) is 204 cm³/mol. The standard InChI is InChI=1S/C46H29NO2/c1-2-11-30(12-3-1)33-14-8-15-35(29-33)47(41-21-10-20-40-44-36-16-5-4-13-31(36)25-28-43(44)49-46(40)41)34-26-23-32(24-27-34)37-18-9-19-39-38-17-6-7-22-42(38)48-45(37)39/h1-29H. The molecule has 0 saturated heterocycles. The Bertz CT molecular complexity index is 2830. The van der Waals surface area contributed by atoms with Crippen LogP contribution >= 0.6 is 0 Å². The van der Waals surface area contributed by atoms with Crippen LogP contribution in [0.3, 0.4) is 0 Å². The summed E-state index contributed by atoms with van der Waals surface area (Å²) in [5.74, 6) is 0. The molecule has 3 heteroatoms. The maximum absolute atomic E-state index is 6.75. The van der Waals surface area contributed by atoms with Crippen LogP contribution in [0.2, 0.25) is 0 Å². The van der Waals surface area contributed by atoms with Crippen LogP contribution in [0, 0.1) is 0 Å². The zero-order chi connectivity index (χ0) is 32.3. The monoisotopic (exact) mass is 627 g/mol. The first-order valence-electron chi connectivity index (χ1n) is 16.6. The minimum absolute atomic E-state index is 0.857. The highest BCUT2D eigenvalue weighted by atomic mass is 16.3. The number of benzene rings is 8. The highest BCUT2D eigenvalue weighted by molar-refractivity contribution is 6.21. The van der Waals surface area contributed by atoms with Crippen LogP contribution in [-0.4, -0.2) is 0 Å². The van der Waals surface area contributed by atoms with Crippen LogP contribution in [0.5, 0.6) is 0 Å². The summed E-state index contributed by atoms with van der Waals surface area (Å²) in [6.45, 7) is 0. The summed E-state index contributed by atoms with van der Waals surface area (Å²) in [5, 5.41) is 6.89. The van der Waals surface area contributed by atoms with Crippen LogP contribution in [0.25, 0.3) is 76.9 Å². The number of hydrogen-bond acceptors (Lipinski definition) is 3. The SMILES string of the molecule is c1ccc(-c2cccc(N(c3ccc(-c4cccc5c4oc4ccccc45)cc3)c3cccc4c3oc3ccc5ccccc5c34)c2)cc1. The number of hydrogen-bond donors (Lipinski definition) is 0. The lowest BCUT2D eigenvalue weighted by Crippen LogP contribution is -2.10. The lowest BCUT2D eigenvalue weighted by atomic mass is 10.0. The van der Waals surface area contributed by atoms with Gasteiger partial charge in [0.15, 0.2) is 5.58 Å². The molecule has 0 spiro atoms. The van der Waals surface area contributed by atoms with Gasteiger partial charge < -0.3 is 13.7 Å². The summed E-state index contributed by atoms with van der Waals surface area (Å²) in [4.78, 5) is 2.31. The van der Waals surface area contributed by atoms with E-state index in [2.05, 4.69) is 169 Å². The zero-order valence-corrected chi connectivity index (χ0v) is 26.5. The molecule has 0 unspecified atom stereocenters. The molecule has 2 aromatic heterocycles. The molecule has 0 N–H and O–H groups in total. The van der Waals surface area contributed by atoms with Gasteiger partial charge in [-0.3, -0.25) is 0 Å². The first-order chi connectivity index (χ1) is 24.3. The summed E-state index contributed by atoms with van der Waals surface area (Å²) in [5.41, 5.74) is 11.1. The van der Waals surface area contributed by atoms with Gasteiger partial charge in [0.25, 0.3) is 0 Å². The summed E-state index contributed by atoms with van der Waals surface area (Å²) in [6, 6.07) is 61.9. The van der Waals surface area contributed by atoms with Crippen LogP contribution in [0.1, 0.15) is 0 Å². The van der Waals surface area contributed by atoms with Crippen molar-refractivity contribution in [2.45, 2.75) is 0 Å². The number of nitrogens with zero attached hydrogens (tertiary/aromatic N) is 1. The molecule has 0 fully saturated rings. The van der Waals surface area contributed by atoms with E-state index in [9.17, 15) is 0 Å². The summed E-state index contributed by atoms with van der Waals surface area (Å²) >= 11 is 0. The van der Waals surface area contributed by atoms with Crippen molar-refractivity contribution in [2.24, 2.45) is 0 Å². The molecule has 3 nitrogen and oxygen atoms in total. The van der Waals surface area contributed by atoms with E-state index in [0.717, 1.165) is 77.6 Å². The van der Waals surface area contributed by atoms with Gasteiger partial charge in [-0.25, -0.2) is 0 Å². The number of rotatable bonds is 5. The van der Waals surface area contributed by atoms with E-state index in [1.807, 2.05) is 12.1 Å². The zero-order valence-electron chi connectivity index (χ0n) is 26.5. The van der Waals surface area contributed by atoms with E-state index in [1.165, 1.54) is 16.3 Å². The van der Waals surface area contributed by atoms with Crippen LogP contribution < -0.4 is 4.90 Å². The van der Waals surface area contributed by atoms with E-state index in [4.69, 9.17) is 8.83 Å². The van der Waals surface area contributed by atoms with Gasteiger partial charge in [0.2, 0.25) is 0 Å². The van der Waals surface area contributed by atoms with Crippen molar-refractivity contribution < 1.29 is 8.83 Å². The summed E-state index contributed by atoms with van der Waals surface area (Å²) < 4.78 is 13.1. The molecule has 10 aromatic rings. The van der Waals surface area contributed by atoms with Crippen molar-refractivity contribution in [3.63, 3.8) is 0 Å². The van der Waals surface area contributed by atoms with Crippen LogP contribution in [-0.2, 0) is 0 Å². The molecule has 0 saturated carbocycles. The van der Waals surface area contributed by atoms with Crippen LogP contribution in [0.4, 0.5) is 17.1 Å². The number of fused-ring (bicyclic) bond motifs is 8. The van der Waals surface area contributed by atoms with E-state index in [0.29, 0.717) is 0 Å². The molecule has 0 amide bonds. The normalized spacial score (nSPS) is 11.7. The van der Waals surface area contributed by atoms with Gasteiger partial charge in [0.1, 0.15) is 16.7 Å². The van der Waals surface area contributed by atoms with Crippen LogP contribution in [0.15, 0.2) is 185 Å². The molecule has 2 heterocycles. The molecule has 230 valence electrons. The topological polar surface area (TPSA) is 29.5 Å². The third-order valence-corrected chi connectivity index (χ3v) is 9.66. The molecule has 0 atom stereocenters. The minimum atomic E-state index is 0.857. The van der Waals surface area contributed by atoms with Gasteiger partial charge in [-0.2, -0.15) is 0 Å². The lowest BCUT2D eigenvalue weighted by Gasteiger charge is -2.26. The highest BCUT2D eigenvalue weighted by Gasteiger charge is 2.21. The third-order valence-electron chi connectivity index (χ3n) is 9.66. The maximum atomic E-state index is 6.75. The van der Waals surface area contributed by atoms with E-state index >= 15 is 0 Å². The van der Waals surface area contributed by atoms with Gasteiger partial charge in [0.05, 0.1) is 5.69 Å². The smallest absolute Gasteiger partial charge is 0.159 e. The van der Waals surface area contributed by atoms with Gasteiger partial charge in [-0.15, -0.1) is 0 Å². The average molecular weight is 628 g/mol. The van der Waals surface area contributed by atoms with Crippen molar-refractivity contribution in [3.05, 3.63) is 176 Å². The molecule has 0 aliphatic heterocycles. The van der Waals surface area contributed by atoms with Crippen molar-refractivity contribution in [1.82, 2.24) is 0 Å². The predicted octanol–water partition coefficient (Wildman–Crippen LogP) is 13.4. The Hall–Kier alpha value is -6.58. The number of furan rings is 2. The summed E-state index contributed by atoms with van der Waals surface area (Å²) in [6.07, 6.45) is 0. The number of anilines is 3. The van der Waals surface area contributed by atoms with Crippen molar-refractivity contribution in [2.75, 3.05) is 4.90 Å². The molecule has 0 radical (unpaired) electrons. The third kappa shape index (κ3) is 4.44. The second kappa shape index (κ2) is 11.0. The minimum Gasteiger partial charge on any atom is -0.455 e. The first kappa shape index (κ1) is 27.5. The molecule has 49 heavy (non-hydrogen) atoms. The highest BCUT2D eigenvalue weighted by Crippen LogP contribution is 2.45. The van der Waals surface area contributed by atoms with Gasteiger partial charge in [0, 0.05) is 38.5 Å². The second-order valence-corrected chi connectivity index (χ2v) is 12.5. The Morgan fingerprint density at radius 2 is 1.06 bits per heavy atom.